The molecule has 0 saturated heterocycles. The first-order valence-electron chi connectivity index (χ1n) is 13.0. The van der Waals surface area contributed by atoms with Gasteiger partial charge < -0.3 is 25.4 Å². The summed E-state index contributed by atoms with van der Waals surface area (Å²) in [5.74, 6) is -0.849. The molecule has 0 aliphatic heterocycles. The number of benzene rings is 1. The van der Waals surface area contributed by atoms with E-state index in [1.54, 1.807) is 20.8 Å². The number of alkyl carbamates (subject to hydrolysis) is 1. The van der Waals surface area contributed by atoms with Gasteiger partial charge in [-0.1, -0.05) is 57.4 Å². The van der Waals surface area contributed by atoms with E-state index in [4.69, 9.17) is 4.74 Å². The molecule has 3 N–H and O–H groups in total. The van der Waals surface area contributed by atoms with Crippen molar-refractivity contribution in [2.75, 3.05) is 13.2 Å². The van der Waals surface area contributed by atoms with Gasteiger partial charge in [-0.15, -0.1) is 0 Å². The average molecular weight is 506 g/mol. The fourth-order valence-corrected chi connectivity index (χ4v) is 3.76. The second kappa shape index (κ2) is 14.2. The maximum Gasteiger partial charge on any atom is 0.408 e. The van der Waals surface area contributed by atoms with Gasteiger partial charge in [0.15, 0.2) is 0 Å². The van der Waals surface area contributed by atoms with E-state index in [0.29, 0.717) is 18.5 Å². The van der Waals surface area contributed by atoms with Crippen molar-refractivity contribution >= 4 is 17.9 Å². The Balaban J connectivity index is 3.42. The third-order valence-corrected chi connectivity index (χ3v) is 5.47. The zero-order valence-electron chi connectivity index (χ0n) is 23.4. The average Bonchev–Trinajstić information content (AvgIpc) is 2.76. The van der Waals surface area contributed by atoms with Gasteiger partial charge in [-0.3, -0.25) is 9.59 Å². The van der Waals surface area contributed by atoms with Crippen molar-refractivity contribution in [1.82, 2.24) is 15.5 Å². The summed E-state index contributed by atoms with van der Waals surface area (Å²) in [5, 5.41) is 15.5. The molecule has 8 nitrogen and oxygen atoms in total. The Morgan fingerprint density at radius 1 is 0.972 bits per heavy atom. The first kappa shape index (κ1) is 31.4. The van der Waals surface area contributed by atoms with Crippen LogP contribution in [0, 0.1) is 0 Å². The number of amides is 3. The van der Waals surface area contributed by atoms with Crippen molar-refractivity contribution in [3.05, 3.63) is 35.4 Å². The summed E-state index contributed by atoms with van der Waals surface area (Å²) in [7, 11) is 0. The van der Waals surface area contributed by atoms with Crippen LogP contribution < -0.4 is 10.6 Å². The van der Waals surface area contributed by atoms with Crippen LogP contribution >= 0.6 is 0 Å². The van der Waals surface area contributed by atoms with Gasteiger partial charge in [0, 0.05) is 12.1 Å². The van der Waals surface area contributed by atoms with Crippen LogP contribution in [0.4, 0.5) is 4.79 Å². The first-order chi connectivity index (χ1) is 16.7. The van der Waals surface area contributed by atoms with Gasteiger partial charge in [-0.05, 0) is 65.5 Å². The number of carbonyl (C=O) groups is 3. The molecule has 2 unspecified atom stereocenters. The number of aliphatic hydroxyl groups excluding tert-OH is 1. The lowest BCUT2D eigenvalue weighted by molar-refractivity contribution is -0.144. The highest BCUT2D eigenvalue weighted by molar-refractivity contribution is 5.92. The number of rotatable bonds is 12. The third kappa shape index (κ3) is 11.0. The van der Waals surface area contributed by atoms with E-state index in [-0.39, 0.29) is 5.91 Å². The topological polar surface area (TPSA) is 108 Å². The predicted octanol–water partition coefficient (Wildman–Crippen LogP) is 4.50. The van der Waals surface area contributed by atoms with Gasteiger partial charge in [-0.2, -0.15) is 0 Å². The molecule has 0 saturated carbocycles. The second-order valence-corrected chi connectivity index (χ2v) is 11.2. The SMILES string of the molecule is CCCCCCN(C(=O)C(CO)NC(=O)OC(C)(C)C)C(C(=O)NC(C)(C)C)c1ccc(CC)cc1. The van der Waals surface area contributed by atoms with E-state index in [1.807, 2.05) is 45.0 Å². The largest absolute Gasteiger partial charge is 0.444 e. The van der Waals surface area contributed by atoms with Crippen LogP contribution in [0.3, 0.4) is 0 Å². The number of nitrogens with zero attached hydrogens (tertiary/aromatic N) is 1. The van der Waals surface area contributed by atoms with E-state index in [0.717, 1.165) is 31.2 Å². The summed E-state index contributed by atoms with van der Waals surface area (Å²) in [6.45, 7) is 14.7. The molecule has 204 valence electrons. The summed E-state index contributed by atoms with van der Waals surface area (Å²) >= 11 is 0. The van der Waals surface area contributed by atoms with E-state index in [1.165, 1.54) is 4.90 Å². The van der Waals surface area contributed by atoms with Crippen molar-refractivity contribution in [3.63, 3.8) is 0 Å². The van der Waals surface area contributed by atoms with Crippen molar-refractivity contribution in [1.29, 1.82) is 0 Å². The normalized spacial score (nSPS) is 13.5. The van der Waals surface area contributed by atoms with Gasteiger partial charge in [0.1, 0.15) is 17.7 Å². The quantitative estimate of drug-likeness (QED) is 0.363. The molecule has 1 aromatic carbocycles. The molecule has 0 radical (unpaired) electrons. The Morgan fingerprint density at radius 2 is 1.58 bits per heavy atom. The van der Waals surface area contributed by atoms with Gasteiger partial charge in [-0.25, -0.2) is 4.79 Å². The number of aryl methyl sites for hydroxylation is 1. The Bertz CT molecular complexity index is 840. The highest BCUT2D eigenvalue weighted by Crippen LogP contribution is 2.25. The number of hydrogen-bond donors (Lipinski definition) is 3. The lowest BCUT2D eigenvalue weighted by Crippen LogP contribution is -2.55. The van der Waals surface area contributed by atoms with E-state index in [9.17, 15) is 19.5 Å². The van der Waals surface area contributed by atoms with Crippen LogP contribution in [0.5, 0.6) is 0 Å². The summed E-state index contributed by atoms with van der Waals surface area (Å²) in [4.78, 5) is 41.2. The second-order valence-electron chi connectivity index (χ2n) is 11.2. The molecule has 0 bridgehead atoms. The fraction of sp³-hybridized carbons (Fsp3) is 0.679. The fourth-order valence-electron chi connectivity index (χ4n) is 3.76. The molecule has 0 aliphatic rings. The van der Waals surface area contributed by atoms with Crippen LogP contribution in [0.2, 0.25) is 0 Å². The Morgan fingerprint density at radius 3 is 2.06 bits per heavy atom. The molecular weight excluding hydrogens is 458 g/mol. The van der Waals surface area contributed by atoms with E-state index < -0.39 is 41.8 Å². The van der Waals surface area contributed by atoms with E-state index >= 15 is 0 Å². The van der Waals surface area contributed by atoms with Crippen molar-refractivity contribution < 1.29 is 24.2 Å². The minimum absolute atomic E-state index is 0.309. The molecule has 2 atom stereocenters. The molecule has 36 heavy (non-hydrogen) atoms. The lowest BCUT2D eigenvalue weighted by Gasteiger charge is -2.35. The number of aliphatic hydroxyl groups is 1. The van der Waals surface area contributed by atoms with Gasteiger partial charge in [0.25, 0.3) is 0 Å². The number of carbonyl (C=O) groups excluding carboxylic acids is 3. The Hall–Kier alpha value is -2.61. The van der Waals surface area contributed by atoms with Crippen LogP contribution in [-0.4, -0.2) is 58.2 Å². The summed E-state index contributed by atoms with van der Waals surface area (Å²) in [5.41, 5.74) is 0.519. The smallest absolute Gasteiger partial charge is 0.408 e. The third-order valence-electron chi connectivity index (χ3n) is 5.47. The molecule has 0 aromatic heterocycles. The first-order valence-corrected chi connectivity index (χ1v) is 13.0. The van der Waals surface area contributed by atoms with Gasteiger partial charge in [0.05, 0.1) is 6.61 Å². The predicted molar refractivity (Wildman–Crippen MR) is 143 cm³/mol. The van der Waals surface area contributed by atoms with Crippen molar-refractivity contribution in [3.8, 4) is 0 Å². The number of hydrogen-bond acceptors (Lipinski definition) is 5. The molecule has 0 spiro atoms. The van der Waals surface area contributed by atoms with Crippen LogP contribution in [0.15, 0.2) is 24.3 Å². The zero-order chi connectivity index (χ0) is 27.5. The number of unbranched alkanes of at least 4 members (excludes halogenated alkanes) is 3. The highest BCUT2D eigenvalue weighted by atomic mass is 16.6. The molecule has 1 aromatic rings. The highest BCUT2D eigenvalue weighted by Gasteiger charge is 2.36. The van der Waals surface area contributed by atoms with Gasteiger partial charge >= 0.3 is 6.09 Å². The number of ether oxygens (including phenoxy) is 1. The summed E-state index contributed by atoms with van der Waals surface area (Å²) in [6.07, 6.45) is 3.67. The van der Waals surface area contributed by atoms with Crippen LogP contribution in [0.1, 0.15) is 98.2 Å². The molecule has 0 heterocycles. The summed E-state index contributed by atoms with van der Waals surface area (Å²) < 4.78 is 5.29. The molecule has 1 rings (SSSR count). The molecule has 8 heteroatoms. The van der Waals surface area contributed by atoms with Crippen molar-refractivity contribution in [2.45, 2.75) is 111 Å². The molecule has 0 fully saturated rings. The minimum Gasteiger partial charge on any atom is -0.444 e. The molecule has 0 aliphatic carbocycles. The lowest BCUT2D eigenvalue weighted by atomic mass is 9.98. The Labute approximate surface area is 217 Å². The zero-order valence-corrected chi connectivity index (χ0v) is 23.4. The molecular formula is C28H47N3O5. The molecule has 3 amide bonds. The maximum absolute atomic E-state index is 13.8. The minimum atomic E-state index is -1.24. The summed E-state index contributed by atoms with van der Waals surface area (Å²) in [6, 6.07) is 5.48. The standard InChI is InChI=1S/C28H47N3O5/c1-9-11-12-13-18-31(25(34)22(19-32)29-26(35)36-28(6,7)8)23(24(33)30-27(3,4)5)21-16-14-20(10-2)15-17-21/h14-17,22-23,32H,9-13,18-19H2,1-8H3,(H,29,35)(H,30,33). The Kier molecular flexibility index (Phi) is 12.4. The number of nitrogens with one attached hydrogen (secondary N) is 2. The van der Waals surface area contributed by atoms with E-state index in [2.05, 4.69) is 24.5 Å². The monoisotopic (exact) mass is 505 g/mol. The van der Waals surface area contributed by atoms with Crippen LogP contribution in [-0.2, 0) is 20.7 Å². The van der Waals surface area contributed by atoms with Crippen LogP contribution in [0.25, 0.3) is 0 Å². The maximum atomic E-state index is 13.8. The van der Waals surface area contributed by atoms with Crippen molar-refractivity contribution in [2.24, 2.45) is 0 Å². The van der Waals surface area contributed by atoms with Gasteiger partial charge in [0.2, 0.25) is 11.8 Å².